The number of hydrogen-bond donors (Lipinski definition) is 1. The molecule has 0 aliphatic heterocycles. The van der Waals surface area contributed by atoms with Gasteiger partial charge in [0, 0.05) is 0 Å². The molecule has 0 spiro atoms. The van der Waals surface area contributed by atoms with Gasteiger partial charge in [0.05, 0.1) is 12.2 Å². The van der Waals surface area contributed by atoms with Crippen molar-refractivity contribution in [2.24, 2.45) is 5.73 Å². The third kappa shape index (κ3) is 1.97. The van der Waals surface area contributed by atoms with Crippen LogP contribution in [0.4, 0.5) is 0 Å². The maximum atomic E-state index is 5.52. The van der Waals surface area contributed by atoms with Crippen LogP contribution >= 0.6 is 0 Å². The van der Waals surface area contributed by atoms with Crippen molar-refractivity contribution in [3.8, 4) is 5.69 Å². The van der Waals surface area contributed by atoms with E-state index in [1.54, 1.807) is 0 Å². The molecule has 1 aromatic heterocycles. The molecule has 0 amide bonds. The molecule has 2 N–H and O–H groups in total. The summed E-state index contributed by atoms with van der Waals surface area (Å²) < 4.78 is 1.82. The first-order valence-corrected chi connectivity index (χ1v) is 5.46. The van der Waals surface area contributed by atoms with E-state index in [1.807, 2.05) is 11.6 Å². The van der Waals surface area contributed by atoms with Crippen LogP contribution in [0.3, 0.4) is 0 Å². The normalized spacial score (nSPS) is 10.7. The lowest BCUT2D eigenvalue weighted by Crippen LogP contribution is -2.01. The van der Waals surface area contributed by atoms with Crippen molar-refractivity contribution in [2.75, 3.05) is 0 Å². The van der Waals surface area contributed by atoms with Gasteiger partial charge in [-0.15, -0.1) is 5.10 Å². The number of rotatable bonds is 3. The van der Waals surface area contributed by atoms with Crippen molar-refractivity contribution in [1.82, 2.24) is 14.8 Å². The van der Waals surface area contributed by atoms with E-state index in [0.717, 1.165) is 17.9 Å². The Balaban J connectivity index is 2.38. The third-order valence-electron chi connectivity index (χ3n) is 2.58. The maximum Gasteiger partial charge on any atom is 0.164 e. The second-order valence-electron chi connectivity index (χ2n) is 3.71. The van der Waals surface area contributed by atoms with Gasteiger partial charge in [-0.1, -0.05) is 19.1 Å². The average molecular weight is 216 g/mol. The standard InChI is InChI=1S/C12H16N4/c1-3-10-4-6-11(7-5-10)16-9(2)14-12(8-13)15-16/h4-7H,3,8,13H2,1-2H3. The smallest absolute Gasteiger partial charge is 0.164 e. The van der Waals surface area contributed by atoms with Gasteiger partial charge in [0.1, 0.15) is 5.82 Å². The van der Waals surface area contributed by atoms with Crippen LogP contribution in [0.5, 0.6) is 0 Å². The van der Waals surface area contributed by atoms with Gasteiger partial charge in [0.25, 0.3) is 0 Å². The maximum absolute atomic E-state index is 5.52. The molecule has 4 heteroatoms. The minimum Gasteiger partial charge on any atom is -0.324 e. The lowest BCUT2D eigenvalue weighted by molar-refractivity contribution is 0.812. The van der Waals surface area contributed by atoms with E-state index in [4.69, 9.17) is 5.73 Å². The van der Waals surface area contributed by atoms with Gasteiger partial charge in [-0.05, 0) is 31.0 Å². The van der Waals surface area contributed by atoms with Crippen LogP contribution in [0.25, 0.3) is 5.69 Å². The van der Waals surface area contributed by atoms with Crippen LogP contribution < -0.4 is 5.73 Å². The highest BCUT2D eigenvalue weighted by Crippen LogP contribution is 2.11. The summed E-state index contributed by atoms with van der Waals surface area (Å²) in [5.41, 5.74) is 7.87. The molecule has 0 atom stereocenters. The summed E-state index contributed by atoms with van der Waals surface area (Å²) in [5, 5.41) is 4.33. The zero-order chi connectivity index (χ0) is 11.5. The van der Waals surface area contributed by atoms with Gasteiger partial charge >= 0.3 is 0 Å². The second-order valence-corrected chi connectivity index (χ2v) is 3.71. The largest absolute Gasteiger partial charge is 0.324 e. The highest BCUT2D eigenvalue weighted by atomic mass is 15.3. The van der Waals surface area contributed by atoms with E-state index in [9.17, 15) is 0 Å². The number of nitrogens with zero attached hydrogens (tertiary/aromatic N) is 3. The first-order chi connectivity index (χ1) is 7.74. The van der Waals surface area contributed by atoms with Crippen LogP contribution in [0.2, 0.25) is 0 Å². The predicted molar refractivity (Wildman–Crippen MR) is 63.4 cm³/mol. The molecule has 2 aromatic rings. The molecule has 16 heavy (non-hydrogen) atoms. The Morgan fingerprint density at radius 2 is 1.94 bits per heavy atom. The van der Waals surface area contributed by atoms with Crippen LogP contribution in [0.15, 0.2) is 24.3 Å². The molecule has 0 aliphatic carbocycles. The predicted octanol–water partition coefficient (Wildman–Crippen LogP) is 1.60. The summed E-state index contributed by atoms with van der Waals surface area (Å²) in [7, 11) is 0. The summed E-state index contributed by atoms with van der Waals surface area (Å²) in [4.78, 5) is 4.27. The number of aryl methyl sites for hydroxylation is 2. The molecule has 0 saturated heterocycles. The monoisotopic (exact) mass is 216 g/mol. The first kappa shape index (κ1) is 10.8. The first-order valence-electron chi connectivity index (χ1n) is 5.46. The Labute approximate surface area is 95.1 Å². The molecular weight excluding hydrogens is 200 g/mol. The Morgan fingerprint density at radius 1 is 1.25 bits per heavy atom. The lowest BCUT2D eigenvalue weighted by atomic mass is 10.1. The summed E-state index contributed by atoms with van der Waals surface area (Å²) in [6, 6.07) is 8.33. The van der Waals surface area contributed by atoms with E-state index in [2.05, 4.69) is 41.3 Å². The summed E-state index contributed by atoms with van der Waals surface area (Å²) in [5.74, 6) is 1.54. The van der Waals surface area contributed by atoms with E-state index < -0.39 is 0 Å². The summed E-state index contributed by atoms with van der Waals surface area (Å²) in [6.07, 6.45) is 1.05. The SMILES string of the molecule is CCc1ccc(-n2nc(CN)nc2C)cc1. The lowest BCUT2D eigenvalue weighted by Gasteiger charge is -2.03. The minimum atomic E-state index is 0.376. The fourth-order valence-corrected chi connectivity index (χ4v) is 1.65. The fourth-order valence-electron chi connectivity index (χ4n) is 1.65. The molecule has 84 valence electrons. The number of benzene rings is 1. The summed E-state index contributed by atoms with van der Waals surface area (Å²) in [6.45, 7) is 4.45. The summed E-state index contributed by atoms with van der Waals surface area (Å²) >= 11 is 0. The van der Waals surface area contributed by atoms with Crippen molar-refractivity contribution in [1.29, 1.82) is 0 Å². The molecule has 0 fully saturated rings. The Bertz CT molecular complexity index is 470. The Hall–Kier alpha value is -1.68. The van der Waals surface area contributed by atoms with Gasteiger partial charge < -0.3 is 5.73 Å². The van der Waals surface area contributed by atoms with Crippen molar-refractivity contribution in [3.05, 3.63) is 41.5 Å². The van der Waals surface area contributed by atoms with Crippen molar-refractivity contribution in [2.45, 2.75) is 26.8 Å². The van der Waals surface area contributed by atoms with Crippen molar-refractivity contribution in [3.63, 3.8) is 0 Å². The quantitative estimate of drug-likeness (QED) is 0.847. The number of hydrogen-bond acceptors (Lipinski definition) is 3. The zero-order valence-electron chi connectivity index (χ0n) is 9.64. The van der Waals surface area contributed by atoms with E-state index >= 15 is 0 Å². The van der Waals surface area contributed by atoms with Gasteiger partial charge in [-0.2, -0.15) is 0 Å². The van der Waals surface area contributed by atoms with Gasteiger partial charge in [0.2, 0.25) is 0 Å². The average Bonchev–Trinajstić information content (AvgIpc) is 2.71. The molecule has 2 rings (SSSR count). The van der Waals surface area contributed by atoms with Crippen LogP contribution in [0.1, 0.15) is 24.1 Å². The molecule has 0 saturated carbocycles. The highest BCUT2D eigenvalue weighted by Gasteiger charge is 2.06. The van der Waals surface area contributed by atoms with E-state index in [0.29, 0.717) is 12.4 Å². The van der Waals surface area contributed by atoms with Crippen molar-refractivity contribution >= 4 is 0 Å². The van der Waals surface area contributed by atoms with E-state index in [-0.39, 0.29) is 0 Å². The third-order valence-corrected chi connectivity index (χ3v) is 2.58. The molecule has 0 unspecified atom stereocenters. The Kier molecular flexibility index (Phi) is 3.01. The van der Waals surface area contributed by atoms with Gasteiger partial charge in [0.15, 0.2) is 5.82 Å². The molecule has 1 heterocycles. The highest BCUT2D eigenvalue weighted by molar-refractivity contribution is 5.34. The molecular formula is C12H16N4. The second kappa shape index (κ2) is 4.45. The fraction of sp³-hybridized carbons (Fsp3) is 0.333. The van der Waals surface area contributed by atoms with Crippen LogP contribution in [-0.4, -0.2) is 14.8 Å². The molecule has 0 bridgehead atoms. The topological polar surface area (TPSA) is 56.7 Å². The Morgan fingerprint density at radius 3 is 2.44 bits per heavy atom. The number of nitrogens with two attached hydrogens (primary N) is 1. The van der Waals surface area contributed by atoms with E-state index in [1.165, 1.54) is 5.56 Å². The zero-order valence-corrected chi connectivity index (χ0v) is 9.64. The molecule has 0 radical (unpaired) electrons. The molecule has 1 aromatic carbocycles. The van der Waals surface area contributed by atoms with Gasteiger partial charge in [-0.25, -0.2) is 9.67 Å². The van der Waals surface area contributed by atoms with Crippen LogP contribution in [-0.2, 0) is 13.0 Å². The minimum absolute atomic E-state index is 0.376. The van der Waals surface area contributed by atoms with Crippen molar-refractivity contribution < 1.29 is 0 Å². The number of aromatic nitrogens is 3. The van der Waals surface area contributed by atoms with Gasteiger partial charge in [-0.3, -0.25) is 0 Å². The van der Waals surface area contributed by atoms with Crippen LogP contribution in [0, 0.1) is 6.92 Å². The molecule has 0 aliphatic rings. The molecule has 4 nitrogen and oxygen atoms in total.